The molecule has 1 aromatic rings. The van der Waals surface area contributed by atoms with Gasteiger partial charge in [0.15, 0.2) is 15.6 Å². The van der Waals surface area contributed by atoms with E-state index in [0.29, 0.717) is 5.56 Å². The molecule has 0 atom stereocenters. The topological polar surface area (TPSA) is 51.2 Å². The first kappa shape index (κ1) is 16.2. The lowest BCUT2D eigenvalue weighted by Crippen LogP contribution is -2.45. The monoisotopic (exact) mass is 308 g/mol. The van der Waals surface area contributed by atoms with Crippen molar-refractivity contribution in [3.8, 4) is 0 Å². The first-order chi connectivity index (χ1) is 9.78. The van der Waals surface area contributed by atoms with Crippen LogP contribution in [0.1, 0.15) is 51.5 Å². The summed E-state index contributed by atoms with van der Waals surface area (Å²) >= 11 is 0. The fourth-order valence-corrected chi connectivity index (χ4v) is 4.85. The molecule has 0 amide bonds. The Morgan fingerprint density at radius 2 is 1.67 bits per heavy atom. The minimum Gasteiger partial charge on any atom is -0.298 e. The van der Waals surface area contributed by atoms with E-state index in [9.17, 15) is 13.2 Å². The molecule has 3 nitrogen and oxygen atoms in total. The molecule has 0 bridgehead atoms. The Hall–Kier alpha value is -1.16. The highest BCUT2D eigenvalue weighted by molar-refractivity contribution is 7.93. The van der Waals surface area contributed by atoms with E-state index in [4.69, 9.17) is 0 Å². The fraction of sp³-hybridized carbons (Fsp3) is 0.588. The van der Waals surface area contributed by atoms with Crippen molar-refractivity contribution < 1.29 is 13.2 Å². The number of hydrogen-bond acceptors (Lipinski definition) is 3. The molecule has 0 radical (unpaired) electrons. The lowest BCUT2D eigenvalue weighted by atomic mass is 9.82. The maximum atomic E-state index is 12.9. The van der Waals surface area contributed by atoms with Gasteiger partial charge in [-0.05, 0) is 45.2 Å². The lowest BCUT2D eigenvalue weighted by Gasteiger charge is -2.30. The highest BCUT2D eigenvalue weighted by Gasteiger charge is 2.45. The fourth-order valence-electron chi connectivity index (χ4n) is 3.12. The number of benzene rings is 1. The molecule has 21 heavy (non-hydrogen) atoms. The summed E-state index contributed by atoms with van der Waals surface area (Å²) in [5, 5.41) is 0. The minimum absolute atomic E-state index is 0.104. The van der Waals surface area contributed by atoms with E-state index in [2.05, 4.69) is 0 Å². The van der Waals surface area contributed by atoms with Crippen LogP contribution in [0.25, 0.3) is 0 Å². The molecule has 1 aliphatic rings. The van der Waals surface area contributed by atoms with E-state index in [0.717, 1.165) is 32.1 Å². The Kier molecular flexibility index (Phi) is 4.57. The van der Waals surface area contributed by atoms with Gasteiger partial charge in [-0.1, -0.05) is 37.5 Å². The SMILES string of the molecule is Cc1ccccc1S(=O)(=O)C(C)(C)C(=O)C1CCCCC1. The van der Waals surface area contributed by atoms with Crippen molar-refractivity contribution >= 4 is 15.6 Å². The number of ketones is 1. The average Bonchev–Trinajstić information content (AvgIpc) is 2.47. The summed E-state index contributed by atoms with van der Waals surface area (Å²) in [6.45, 7) is 4.89. The standard InChI is InChI=1S/C17H24O3S/c1-13-9-7-8-12-15(13)21(19,20)17(2,3)16(18)14-10-5-4-6-11-14/h7-9,12,14H,4-6,10-11H2,1-3H3. The second-order valence-electron chi connectivity index (χ2n) is 6.48. The van der Waals surface area contributed by atoms with Gasteiger partial charge >= 0.3 is 0 Å². The van der Waals surface area contributed by atoms with Crippen molar-refractivity contribution in [2.75, 3.05) is 0 Å². The first-order valence-electron chi connectivity index (χ1n) is 7.63. The third kappa shape index (κ3) is 2.91. The summed E-state index contributed by atoms with van der Waals surface area (Å²) in [5.74, 6) is -0.224. The first-order valence-corrected chi connectivity index (χ1v) is 9.11. The van der Waals surface area contributed by atoms with E-state index >= 15 is 0 Å². The molecular formula is C17H24O3S. The molecule has 0 aliphatic heterocycles. The Morgan fingerprint density at radius 3 is 2.24 bits per heavy atom. The summed E-state index contributed by atoms with van der Waals surface area (Å²) in [6, 6.07) is 6.89. The molecule has 116 valence electrons. The number of aryl methyl sites for hydroxylation is 1. The molecular weight excluding hydrogens is 284 g/mol. The van der Waals surface area contributed by atoms with Crippen LogP contribution in [-0.2, 0) is 14.6 Å². The highest BCUT2D eigenvalue weighted by Crippen LogP contribution is 2.35. The van der Waals surface area contributed by atoms with E-state index in [1.54, 1.807) is 39.0 Å². The van der Waals surface area contributed by atoms with Gasteiger partial charge < -0.3 is 0 Å². The van der Waals surface area contributed by atoms with Crippen LogP contribution in [0, 0.1) is 12.8 Å². The van der Waals surface area contributed by atoms with Crippen LogP contribution in [-0.4, -0.2) is 18.9 Å². The number of carbonyl (C=O) groups is 1. The van der Waals surface area contributed by atoms with Gasteiger partial charge in [-0.25, -0.2) is 8.42 Å². The number of hydrogen-bond donors (Lipinski definition) is 0. The van der Waals surface area contributed by atoms with Crippen molar-refractivity contribution in [3.05, 3.63) is 29.8 Å². The van der Waals surface area contributed by atoms with Crippen LogP contribution in [0.4, 0.5) is 0 Å². The third-order valence-electron chi connectivity index (χ3n) is 4.62. The van der Waals surface area contributed by atoms with E-state index in [1.165, 1.54) is 0 Å². The maximum Gasteiger partial charge on any atom is 0.190 e. The molecule has 0 aromatic heterocycles. The average molecular weight is 308 g/mol. The van der Waals surface area contributed by atoms with Crippen molar-refractivity contribution in [3.63, 3.8) is 0 Å². The summed E-state index contributed by atoms with van der Waals surface area (Å²) in [5.41, 5.74) is 0.696. The van der Waals surface area contributed by atoms with Crippen LogP contribution in [0.15, 0.2) is 29.2 Å². The molecule has 1 aliphatic carbocycles. The molecule has 0 spiro atoms. The summed E-state index contributed by atoms with van der Waals surface area (Å²) in [7, 11) is -3.67. The minimum atomic E-state index is -3.67. The quantitative estimate of drug-likeness (QED) is 0.852. The van der Waals surface area contributed by atoms with Crippen molar-refractivity contribution in [1.82, 2.24) is 0 Å². The molecule has 0 unspecified atom stereocenters. The van der Waals surface area contributed by atoms with Gasteiger partial charge in [-0.3, -0.25) is 4.79 Å². The normalized spacial score (nSPS) is 17.7. The molecule has 1 saturated carbocycles. The number of carbonyl (C=O) groups excluding carboxylic acids is 1. The zero-order valence-corrected chi connectivity index (χ0v) is 13.9. The molecule has 0 saturated heterocycles. The summed E-state index contributed by atoms with van der Waals surface area (Å²) in [4.78, 5) is 13.0. The molecule has 2 rings (SSSR count). The number of Topliss-reactive ketones (excluding diaryl/α,β-unsaturated/α-hetero) is 1. The Labute approximate surface area is 127 Å². The highest BCUT2D eigenvalue weighted by atomic mass is 32.2. The van der Waals surface area contributed by atoms with E-state index in [1.807, 2.05) is 6.07 Å². The zero-order valence-electron chi connectivity index (χ0n) is 13.1. The molecule has 4 heteroatoms. The van der Waals surface area contributed by atoms with Crippen LogP contribution in [0.2, 0.25) is 0 Å². The largest absolute Gasteiger partial charge is 0.298 e. The predicted molar refractivity (Wildman–Crippen MR) is 84.0 cm³/mol. The number of sulfone groups is 1. The van der Waals surface area contributed by atoms with Crippen LogP contribution in [0.5, 0.6) is 0 Å². The third-order valence-corrected chi connectivity index (χ3v) is 7.21. The van der Waals surface area contributed by atoms with Crippen molar-refractivity contribution in [2.45, 2.75) is 62.5 Å². The second-order valence-corrected chi connectivity index (χ2v) is 8.95. The van der Waals surface area contributed by atoms with Gasteiger partial charge in [0.2, 0.25) is 0 Å². The van der Waals surface area contributed by atoms with Crippen molar-refractivity contribution in [2.24, 2.45) is 5.92 Å². The Morgan fingerprint density at radius 1 is 1.10 bits per heavy atom. The van der Waals surface area contributed by atoms with E-state index in [-0.39, 0.29) is 16.6 Å². The smallest absolute Gasteiger partial charge is 0.190 e. The summed E-state index contributed by atoms with van der Waals surface area (Å²) < 4.78 is 24.5. The second kappa shape index (κ2) is 5.91. The zero-order chi connectivity index (χ0) is 15.7. The van der Waals surface area contributed by atoms with Crippen LogP contribution < -0.4 is 0 Å². The van der Waals surface area contributed by atoms with Gasteiger partial charge in [0.25, 0.3) is 0 Å². The molecule has 0 N–H and O–H groups in total. The maximum absolute atomic E-state index is 12.9. The molecule has 1 aromatic carbocycles. The summed E-state index contributed by atoms with van der Waals surface area (Å²) in [6.07, 6.45) is 4.85. The lowest BCUT2D eigenvalue weighted by molar-refractivity contribution is -0.125. The van der Waals surface area contributed by atoms with Crippen molar-refractivity contribution in [1.29, 1.82) is 0 Å². The van der Waals surface area contributed by atoms with E-state index < -0.39 is 14.6 Å². The Balaban J connectivity index is 2.37. The Bertz CT molecular complexity index is 623. The van der Waals surface area contributed by atoms with Gasteiger partial charge in [0.1, 0.15) is 4.75 Å². The molecule has 1 fully saturated rings. The van der Waals surface area contributed by atoms with Gasteiger partial charge in [-0.15, -0.1) is 0 Å². The van der Waals surface area contributed by atoms with Gasteiger partial charge in [0, 0.05) is 5.92 Å². The number of rotatable bonds is 4. The van der Waals surface area contributed by atoms with Crippen LogP contribution in [0.3, 0.4) is 0 Å². The van der Waals surface area contributed by atoms with Gasteiger partial charge in [0.05, 0.1) is 4.90 Å². The molecule has 0 heterocycles. The van der Waals surface area contributed by atoms with Crippen LogP contribution >= 0.6 is 0 Å². The van der Waals surface area contributed by atoms with Gasteiger partial charge in [-0.2, -0.15) is 0 Å². The predicted octanol–water partition coefficient (Wildman–Crippen LogP) is 3.70.